The van der Waals surface area contributed by atoms with Gasteiger partial charge in [-0.1, -0.05) is 11.8 Å². The second-order valence-corrected chi connectivity index (χ2v) is 5.41. The number of nitrogens with zero attached hydrogens (tertiary/aromatic N) is 2. The second-order valence-electron chi connectivity index (χ2n) is 4.34. The van der Waals surface area contributed by atoms with Crippen molar-refractivity contribution in [1.29, 1.82) is 0 Å². The van der Waals surface area contributed by atoms with Crippen molar-refractivity contribution >= 4 is 17.7 Å². The summed E-state index contributed by atoms with van der Waals surface area (Å²) in [7, 11) is 0. The maximum Gasteiger partial charge on any atom is 0.267 e. The molecule has 0 bridgehead atoms. The molecule has 2 aromatic rings. The summed E-state index contributed by atoms with van der Waals surface area (Å²) >= 11 is 1.53. The first kappa shape index (κ1) is 13.0. The molecule has 0 fully saturated rings. The highest BCUT2D eigenvalue weighted by atomic mass is 32.2. The van der Waals surface area contributed by atoms with Gasteiger partial charge in [-0.05, 0) is 12.1 Å². The van der Waals surface area contributed by atoms with Gasteiger partial charge >= 0.3 is 0 Å². The second kappa shape index (κ2) is 5.54. The first-order chi connectivity index (χ1) is 9.75. The van der Waals surface area contributed by atoms with E-state index in [4.69, 9.17) is 4.42 Å². The number of amides is 1. The van der Waals surface area contributed by atoms with Crippen LogP contribution in [0.1, 0.15) is 16.1 Å². The number of hydrogen-bond acceptors (Lipinski definition) is 5. The molecule has 3 rings (SSSR count). The number of furan rings is 1. The smallest absolute Gasteiger partial charge is 0.267 e. The van der Waals surface area contributed by atoms with Crippen LogP contribution < -0.4 is 10.9 Å². The molecular formula is C13H13N3O3S. The minimum atomic E-state index is -0.388. The Bertz CT molecular complexity index is 679. The van der Waals surface area contributed by atoms with Crippen LogP contribution in [0.2, 0.25) is 0 Å². The fourth-order valence-corrected chi connectivity index (χ4v) is 2.94. The van der Waals surface area contributed by atoms with Crippen LogP contribution in [0.15, 0.2) is 39.0 Å². The summed E-state index contributed by atoms with van der Waals surface area (Å²) in [5.41, 5.74) is -0.175. The number of fused-ring (bicyclic) bond motifs is 1. The van der Waals surface area contributed by atoms with Crippen LogP contribution in [0.4, 0.5) is 0 Å². The van der Waals surface area contributed by atoms with E-state index >= 15 is 0 Å². The molecule has 20 heavy (non-hydrogen) atoms. The molecular weight excluding hydrogens is 278 g/mol. The maximum atomic E-state index is 12.1. The lowest BCUT2D eigenvalue weighted by Crippen LogP contribution is -2.34. The van der Waals surface area contributed by atoms with Crippen molar-refractivity contribution in [2.45, 2.75) is 18.1 Å². The van der Waals surface area contributed by atoms with Crippen LogP contribution in [0, 0.1) is 0 Å². The SMILES string of the molecule is O=C(NCCc1ccco1)c1cnc2n(c1=O)CCS2. The van der Waals surface area contributed by atoms with Gasteiger partial charge in [-0.2, -0.15) is 0 Å². The van der Waals surface area contributed by atoms with Gasteiger partial charge in [0.2, 0.25) is 0 Å². The van der Waals surface area contributed by atoms with Gasteiger partial charge in [0.15, 0.2) is 5.16 Å². The van der Waals surface area contributed by atoms with Crippen molar-refractivity contribution in [3.8, 4) is 0 Å². The van der Waals surface area contributed by atoms with Gasteiger partial charge in [-0.25, -0.2) is 4.98 Å². The highest BCUT2D eigenvalue weighted by Crippen LogP contribution is 2.20. The Labute approximate surface area is 119 Å². The van der Waals surface area contributed by atoms with Crippen molar-refractivity contribution in [2.24, 2.45) is 0 Å². The third-order valence-corrected chi connectivity index (χ3v) is 4.01. The van der Waals surface area contributed by atoms with Gasteiger partial charge in [0.1, 0.15) is 11.3 Å². The Morgan fingerprint density at radius 3 is 3.25 bits per heavy atom. The molecule has 6 nitrogen and oxygen atoms in total. The molecule has 0 saturated heterocycles. The van der Waals surface area contributed by atoms with E-state index < -0.39 is 0 Å². The zero-order valence-electron chi connectivity index (χ0n) is 10.7. The number of hydrogen-bond donors (Lipinski definition) is 1. The van der Waals surface area contributed by atoms with E-state index in [2.05, 4.69) is 10.3 Å². The average molecular weight is 291 g/mol. The minimum absolute atomic E-state index is 0.0932. The third kappa shape index (κ3) is 2.49. The summed E-state index contributed by atoms with van der Waals surface area (Å²) in [4.78, 5) is 28.3. The van der Waals surface area contributed by atoms with Crippen LogP contribution in [-0.4, -0.2) is 27.8 Å². The van der Waals surface area contributed by atoms with E-state index in [1.807, 2.05) is 6.07 Å². The molecule has 0 unspecified atom stereocenters. The number of rotatable bonds is 4. The fraction of sp³-hybridized carbons (Fsp3) is 0.308. The summed E-state index contributed by atoms with van der Waals surface area (Å²) < 4.78 is 6.72. The van der Waals surface area contributed by atoms with Crippen LogP contribution in [-0.2, 0) is 13.0 Å². The molecule has 1 amide bonds. The topological polar surface area (TPSA) is 77.1 Å². The van der Waals surface area contributed by atoms with Crippen molar-refractivity contribution in [3.05, 3.63) is 46.3 Å². The lowest BCUT2D eigenvalue weighted by molar-refractivity contribution is 0.0951. The molecule has 1 N–H and O–H groups in total. The minimum Gasteiger partial charge on any atom is -0.469 e. The maximum absolute atomic E-state index is 12.1. The Kier molecular flexibility index (Phi) is 3.60. The summed E-state index contributed by atoms with van der Waals surface area (Å²) in [6.07, 6.45) is 3.54. The Morgan fingerprint density at radius 2 is 2.45 bits per heavy atom. The van der Waals surface area contributed by atoms with E-state index in [1.54, 1.807) is 16.9 Å². The van der Waals surface area contributed by atoms with E-state index in [0.717, 1.165) is 11.5 Å². The highest BCUT2D eigenvalue weighted by molar-refractivity contribution is 7.99. The standard InChI is InChI=1S/C13H13N3O3S/c17-11(14-4-3-9-2-1-6-19-9)10-8-15-13-16(12(10)18)5-7-20-13/h1-2,6,8H,3-5,7H2,(H,14,17). The molecule has 2 aromatic heterocycles. The Hall–Kier alpha value is -2.02. The normalized spacial score (nSPS) is 13.2. The summed E-state index contributed by atoms with van der Waals surface area (Å²) in [6, 6.07) is 3.64. The number of carbonyl (C=O) groups is 1. The van der Waals surface area contributed by atoms with E-state index in [0.29, 0.717) is 24.7 Å². The van der Waals surface area contributed by atoms with Crippen LogP contribution >= 0.6 is 11.8 Å². The summed E-state index contributed by atoms with van der Waals surface area (Å²) in [6.45, 7) is 1.03. The number of thioether (sulfide) groups is 1. The van der Waals surface area contributed by atoms with Crippen molar-refractivity contribution in [3.63, 3.8) is 0 Å². The fourth-order valence-electron chi connectivity index (χ4n) is 2.02. The Balaban J connectivity index is 1.67. The first-order valence-electron chi connectivity index (χ1n) is 6.29. The highest BCUT2D eigenvalue weighted by Gasteiger charge is 2.19. The van der Waals surface area contributed by atoms with Crippen molar-refractivity contribution in [1.82, 2.24) is 14.9 Å². The van der Waals surface area contributed by atoms with Gasteiger partial charge in [0.25, 0.3) is 11.5 Å². The predicted octanol–water partition coefficient (Wildman–Crippen LogP) is 0.914. The largest absolute Gasteiger partial charge is 0.469 e. The Morgan fingerprint density at radius 1 is 1.55 bits per heavy atom. The lowest BCUT2D eigenvalue weighted by Gasteiger charge is -2.06. The molecule has 7 heteroatoms. The molecule has 0 atom stereocenters. The van der Waals surface area contributed by atoms with Gasteiger partial charge in [0, 0.05) is 31.5 Å². The molecule has 0 radical (unpaired) electrons. The molecule has 0 aliphatic carbocycles. The number of carbonyl (C=O) groups excluding carboxylic acids is 1. The number of nitrogens with one attached hydrogen (secondary N) is 1. The first-order valence-corrected chi connectivity index (χ1v) is 7.27. The molecule has 0 spiro atoms. The van der Waals surface area contributed by atoms with E-state index in [9.17, 15) is 9.59 Å². The molecule has 0 saturated carbocycles. The van der Waals surface area contributed by atoms with Gasteiger partial charge in [0.05, 0.1) is 6.26 Å². The molecule has 0 aromatic carbocycles. The van der Waals surface area contributed by atoms with Crippen molar-refractivity contribution in [2.75, 3.05) is 12.3 Å². The molecule has 104 valence electrons. The quantitative estimate of drug-likeness (QED) is 0.847. The van der Waals surface area contributed by atoms with Crippen LogP contribution in [0.5, 0.6) is 0 Å². The predicted molar refractivity (Wildman–Crippen MR) is 74.0 cm³/mol. The summed E-state index contributed by atoms with van der Waals surface area (Å²) in [5, 5.41) is 3.39. The van der Waals surface area contributed by atoms with E-state index in [1.165, 1.54) is 18.0 Å². The number of aromatic nitrogens is 2. The zero-order chi connectivity index (χ0) is 13.9. The summed E-state index contributed by atoms with van der Waals surface area (Å²) in [5.74, 6) is 1.23. The van der Waals surface area contributed by atoms with Gasteiger partial charge in [-0.15, -0.1) is 0 Å². The van der Waals surface area contributed by atoms with Crippen LogP contribution in [0.25, 0.3) is 0 Å². The van der Waals surface area contributed by atoms with Crippen molar-refractivity contribution < 1.29 is 9.21 Å². The van der Waals surface area contributed by atoms with Gasteiger partial charge < -0.3 is 9.73 Å². The van der Waals surface area contributed by atoms with E-state index in [-0.39, 0.29) is 17.0 Å². The van der Waals surface area contributed by atoms with Crippen LogP contribution in [0.3, 0.4) is 0 Å². The average Bonchev–Trinajstić information content (AvgIpc) is 3.09. The molecule has 3 heterocycles. The van der Waals surface area contributed by atoms with Gasteiger partial charge in [-0.3, -0.25) is 14.2 Å². The third-order valence-electron chi connectivity index (χ3n) is 3.04. The lowest BCUT2D eigenvalue weighted by atomic mass is 10.3. The monoisotopic (exact) mass is 291 g/mol. The zero-order valence-corrected chi connectivity index (χ0v) is 11.5. The molecule has 1 aliphatic rings. The molecule has 1 aliphatic heterocycles.